The molecule has 24 heavy (non-hydrogen) atoms. The largest absolute Gasteiger partial charge is 0.287 e. The lowest BCUT2D eigenvalue weighted by atomic mass is 9.90. The number of aromatic nitrogens is 2. The highest BCUT2D eigenvalue weighted by Gasteiger charge is 2.21. The zero-order valence-electron chi connectivity index (χ0n) is 15.4. The molecule has 0 fully saturated rings. The SMILES string of the molecule is CCC(CC)c1cccc2c(-c3cc(C)ccc3C)[n+](C)cnc12. The van der Waals surface area contributed by atoms with Crippen LogP contribution in [0, 0.1) is 13.8 Å². The average molecular weight is 319 g/mol. The monoisotopic (exact) mass is 319 g/mol. The second-order valence-electron chi connectivity index (χ2n) is 6.78. The molecule has 0 spiro atoms. The fraction of sp³-hybridized carbons (Fsp3) is 0.364. The van der Waals surface area contributed by atoms with Crippen LogP contribution in [0.3, 0.4) is 0 Å². The van der Waals surface area contributed by atoms with E-state index in [1.807, 2.05) is 6.33 Å². The topological polar surface area (TPSA) is 16.8 Å². The van der Waals surface area contributed by atoms with Gasteiger partial charge in [0, 0.05) is 11.1 Å². The van der Waals surface area contributed by atoms with E-state index >= 15 is 0 Å². The number of aryl methyl sites for hydroxylation is 3. The first-order valence-electron chi connectivity index (χ1n) is 8.91. The van der Waals surface area contributed by atoms with Gasteiger partial charge in [-0.15, -0.1) is 0 Å². The van der Waals surface area contributed by atoms with Gasteiger partial charge in [0.05, 0.1) is 12.4 Å². The molecule has 0 aliphatic rings. The zero-order chi connectivity index (χ0) is 17.3. The number of nitrogens with zero attached hydrogens (tertiary/aromatic N) is 2. The van der Waals surface area contributed by atoms with E-state index in [4.69, 9.17) is 4.98 Å². The van der Waals surface area contributed by atoms with Crippen molar-refractivity contribution < 1.29 is 4.57 Å². The van der Waals surface area contributed by atoms with E-state index in [0.29, 0.717) is 5.92 Å². The van der Waals surface area contributed by atoms with Crippen molar-refractivity contribution in [2.75, 3.05) is 0 Å². The van der Waals surface area contributed by atoms with Crippen molar-refractivity contribution in [3.8, 4) is 11.3 Å². The number of hydrogen-bond donors (Lipinski definition) is 0. The quantitative estimate of drug-likeness (QED) is 0.600. The van der Waals surface area contributed by atoms with Gasteiger partial charge in [-0.3, -0.25) is 0 Å². The van der Waals surface area contributed by atoms with Gasteiger partial charge in [0.25, 0.3) is 6.33 Å². The fourth-order valence-corrected chi connectivity index (χ4v) is 3.67. The van der Waals surface area contributed by atoms with Crippen molar-refractivity contribution in [1.29, 1.82) is 0 Å². The van der Waals surface area contributed by atoms with Gasteiger partial charge in [-0.2, -0.15) is 0 Å². The maximum absolute atomic E-state index is 4.80. The standard InChI is InChI=1S/C22H27N2/c1-6-17(7-2)18-9-8-10-19-21(18)23-14-24(5)22(19)20-13-15(3)11-12-16(20)4/h8-14,17H,6-7H2,1-5H3/q+1. The first kappa shape index (κ1) is 16.6. The summed E-state index contributed by atoms with van der Waals surface area (Å²) in [5, 5.41) is 1.25. The van der Waals surface area contributed by atoms with Crippen LogP contribution in [-0.4, -0.2) is 4.98 Å². The summed E-state index contributed by atoms with van der Waals surface area (Å²) in [6.45, 7) is 8.87. The molecule has 0 saturated heterocycles. The van der Waals surface area contributed by atoms with E-state index < -0.39 is 0 Å². The minimum Gasteiger partial charge on any atom is -0.232 e. The lowest BCUT2D eigenvalue weighted by Gasteiger charge is -2.15. The molecule has 0 N–H and O–H groups in total. The molecule has 0 aliphatic carbocycles. The molecule has 0 radical (unpaired) electrons. The van der Waals surface area contributed by atoms with Crippen LogP contribution in [0.15, 0.2) is 42.7 Å². The number of para-hydroxylation sites is 1. The van der Waals surface area contributed by atoms with Crippen LogP contribution in [0.2, 0.25) is 0 Å². The molecule has 0 bridgehead atoms. The first-order valence-corrected chi connectivity index (χ1v) is 8.91. The molecule has 2 aromatic carbocycles. The summed E-state index contributed by atoms with van der Waals surface area (Å²) >= 11 is 0. The average Bonchev–Trinajstić information content (AvgIpc) is 2.58. The predicted octanol–water partition coefficient (Wildman–Crippen LogP) is 5.25. The maximum atomic E-state index is 4.80. The summed E-state index contributed by atoms with van der Waals surface area (Å²) < 4.78 is 2.15. The number of benzene rings is 2. The Morgan fingerprint density at radius 3 is 2.50 bits per heavy atom. The van der Waals surface area contributed by atoms with Crippen molar-refractivity contribution in [2.45, 2.75) is 46.5 Å². The molecule has 0 unspecified atom stereocenters. The lowest BCUT2D eigenvalue weighted by molar-refractivity contribution is -0.662. The van der Waals surface area contributed by atoms with Gasteiger partial charge in [-0.25, -0.2) is 4.57 Å². The third-order valence-corrected chi connectivity index (χ3v) is 5.11. The number of hydrogen-bond acceptors (Lipinski definition) is 1. The van der Waals surface area contributed by atoms with Crippen molar-refractivity contribution in [3.63, 3.8) is 0 Å². The number of rotatable bonds is 4. The molecule has 0 atom stereocenters. The third kappa shape index (κ3) is 2.82. The summed E-state index contributed by atoms with van der Waals surface area (Å²) in [6.07, 6.45) is 4.26. The molecule has 124 valence electrons. The Morgan fingerprint density at radius 1 is 1.04 bits per heavy atom. The fourth-order valence-electron chi connectivity index (χ4n) is 3.67. The maximum Gasteiger partial charge on any atom is 0.287 e. The van der Waals surface area contributed by atoms with Crippen LogP contribution in [0.1, 0.15) is 49.3 Å². The molecule has 3 rings (SSSR count). The molecular weight excluding hydrogens is 292 g/mol. The summed E-state index contributed by atoms with van der Waals surface area (Å²) in [4.78, 5) is 4.80. The molecule has 1 aromatic heterocycles. The normalized spacial score (nSPS) is 11.4. The Morgan fingerprint density at radius 2 is 1.79 bits per heavy atom. The van der Waals surface area contributed by atoms with Gasteiger partial charge in [0.1, 0.15) is 5.69 Å². The van der Waals surface area contributed by atoms with E-state index in [2.05, 4.69) is 75.7 Å². The Labute approximate surface area is 145 Å². The smallest absolute Gasteiger partial charge is 0.232 e. The van der Waals surface area contributed by atoms with Crippen LogP contribution in [0.25, 0.3) is 22.2 Å². The van der Waals surface area contributed by atoms with Gasteiger partial charge in [-0.1, -0.05) is 43.7 Å². The molecule has 0 saturated carbocycles. The van der Waals surface area contributed by atoms with Gasteiger partial charge >= 0.3 is 0 Å². The summed E-state index contributed by atoms with van der Waals surface area (Å²) in [5.41, 5.74) is 7.68. The highest BCUT2D eigenvalue weighted by Crippen LogP contribution is 2.33. The second kappa shape index (κ2) is 6.72. The van der Waals surface area contributed by atoms with Crippen LogP contribution in [0.4, 0.5) is 0 Å². The van der Waals surface area contributed by atoms with E-state index in [-0.39, 0.29) is 0 Å². The Hall–Kier alpha value is -2.22. The molecule has 2 nitrogen and oxygen atoms in total. The molecule has 2 heteroatoms. The van der Waals surface area contributed by atoms with Crippen molar-refractivity contribution in [1.82, 2.24) is 4.98 Å². The summed E-state index contributed by atoms with van der Waals surface area (Å²) in [5.74, 6) is 0.570. The van der Waals surface area contributed by atoms with Crippen LogP contribution in [0.5, 0.6) is 0 Å². The molecule has 3 aromatic rings. The summed E-state index contributed by atoms with van der Waals surface area (Å²) in [7, 11) is 2.09. The Balaban J connectivity index is 2.35. The minimum atomic E-state index is 0.570. The van der Waals surface area contributed by atoms with E-state index in [1.165, 1.54) is 33.3 Å². The van der Waals surface area contributed by atoms with Crippen molar-refractivity contribution >= 4 is 10.9 Å². The minimum absolute atomic E-state index is 0.570. The van der Waals surface area contributed by atoms with Gasteiger partial charge in [0.2, 0.25) is 0 Å². The van der Waals surface area contributed by atoms with Crippen LogP contribution in [-0.2, 0) is 7.05 Å². The van der Waals surface area contributed by atoms with E-state index in [0.717, 1.165) is 18.4 Å². The molecular formula is C22H27N2+. The van der Waals surface area contributed by atoms with E-state index in [1.54, 1.807) is 0 Å². The van der Waals surface area contributed by atoms with Crippen molar-refractivity contribution in [3.05, 3.63) is 59.4 Å². The highest BCUT2D eigenvalue weighted by molar-refractivity contribution is 5.93. The van der Waals surface area contributed by atoms with Crippen LogP contribution >= 0.6 is 0 Å². The van der Waals surface area contributed by atoms with Crippen LogP contribution < -0.4 is 4.57 Å². The summed E-state index contributed by atoms with van der Waals surface area (Å²) in [6, 6.07) is 13.3. The van der Waals surface area contributed by atoms with E-state index in [9.17, 15) is 0 Å². The molecule has 0 amide bonds. The molecule has 1 heterocycles. The van der Waals surface area contributed by atoms with Crippen molar-refractivity contribution in [2.24, 2.45) is 7.05 Å². The Kier molecular flexibility index (Phi) is 4.66. The third-order valence-electron chi connectivity index (χ3n) is 5.11. The number of fused-ring (bicyclic) bond motifs is 1. The first-order chi connectivity index (χ1) is 11.6. The van der Waals surface area contributed by atoms with Gasteiger partial charge in [0.15, 0.2) is 5.52 Å². The second-order valence-corrected chi connectivity index (χ2v) is 6.78. The van der Waals surface area contributed by atoms with Gasteiger partial charge in [-0.05, 0) is 55.3 Å². The predicted molar refractivity (Wildman–Crippen MR) is 101 cm³/mol. The zero-order valence-corrected chi connectivity index (χ0v) is 15.4. The van der Waals surface area contributed by atoms with Gasteiger partial charge < -0.3 is 0 Å². The molecule has 0 aliphatic heterocycles. The highest BCUT2D eigenvalue weighted by atomic mass is 15.0. The Bertz CT molecular complexity index is 877. The lowest BCUT2D eigenvalue weighted by Crippen LogP contribution is -2.32.